The molecule has 19 heavy (non-hydrogen) atoms. The van der Waals surface area contributed by atoms with Crippen LogP contribution in [0.25, 0.3) is 10.9 Å². The summed E-state index contributed by atoms with van der Waals surface area (Å²) in [7, 11) is 1.51. The Hall–Kier alpha value is -2.17. The first-order chi connectivity index (χ1) is 8.83. The topological polar surface area (TPSA) is 60.7 Å². The van der Waals surface area contributed by atoms with Gasteiger partial charge in [-0.15, -0.1) is 0 Å². The fourth-order valence-electron chi connectivity index (χ4n) is 1.87. The van der Waals surface area contributed by atoms with Crippen LogP contribution in [-0.2, 0) is 4.74 Å². The van der Waals surface area contributed by atoms with Crippen LogP contribution in [0.2, 0.25) is 0 Å². The lowest BCUT2D eigenvalue weighted by Crippen LogP contribution is -2.26. The van der Waals surface area contributed by atoms with Crippen LogP contribution in [0.15, 0.2) is 24.3 Å². The molecule has 0 saturated heterocycles. The minimum atomic E-state index is -0.637. The van der Waals surface area contributed by atoms with E-state index in [1.807, 2.05) is 0 Å². The van der Waals surface area contributed by atoms with Gasteiger partial charge in [0.25, 0.3) is 0 Å². The normalized spacial score (nSPS) is 11.6. The molecule has 0 unspecified atom stereocenters. The Morgan fingerprint density at radius 1 is 1.32 bits per heavy atom. The first kappa shape index (κ1) is 13.3. The van der Waals surface area contributed by atoms with E-state index < -0.39 is 11.7 Å². The largest absolute Gasteiger partial charge is 0.495 e. The number of nitrogens with zero attached hydrogens (tertiary/aromatic N) is 1. The summed E-state index contributed by atoms with van der Waals surface area (Å²) < 4.78 is 11.6. The van der Waals surface area contributed by atoms with E-state index in [4.69, 9.17) is 9.47 Å². The number of para-hydroxylation sites is 1. The van der Waals surface area contributed by atoms with Crippen LogP contribution in [0.1, 0.15) is 20.8 Å². The molecule has 0 aliphatic carbocycles. The molecule has 2 rings (SSSR count). The van der Waals surface area contributed by atoms with Crippen molar-refractivity contribution in [2.24, 2.45) is 0 Å². The van der Waals surface area contributed by atoms with Gasteiger partial charge < -0.3 is 14.6 Å². The van der Waals surface area contributed by atoms with E-state index in [2.05, 4.69) is 0 Å². The summed E-state index contributed by atoms with van der Waals surface area (Å²) in [5, 5.41) is 10.6. The molecule has 5 heteroatoms. The lowest BCUT2D eigenvalue weighted by Gasteiger charge is -2.20. The average molecular weight is 263 g/mol. The highest BCUT2D eigenvalue weighted by Crippen LogP contribution is 2.32. The summed E-state index contributed by atoms with van der Waals surface area (Å²) in [5.41, 5.74) is -0.140. The van der Waals surface area contributed by atoms with Crippen molar-refractivity contribution in [2.45, 2.75) is 26.4 Å². The molecule has 0 aliphatic rings. The highest BCUT2D eigenvalue weighted by molar-refractivity contribution is 5.95. The van der Waals surface area contributed by atoms with Crippen molar-refractivity contribution in [1.29, 1.82) is 0 Å². The third-order valence-electron chi connectivity index (χ3n) is 2.56. The minimum Gasteiger partial charge on any atom is -0.495 e. The summed E-state index contributed by atoms with van der Waals surface area (Å²) in [6.07, 6.45) is -0.635. The van der Waals surface area contributed by atoms with Crippen LogP contribution >= 0.6 is 0 Å². The zero-order valence-corrected chi connectivity index (χ0v) is 11.4. The van der Waals surface area contributed by atoms with Crippen molar-refractivity contribution in [2.75, 3.05) is 7.11 Å². The van der Waals surface area contributed by atoms with Gasteiger partial charge >= 0.3 is 6.09 Å². The molecule has 1 aromatic heterocycles. The van der Waals surface area contributed by atoms with Gasteiger partial charge in [0.1, 0.15) is 16.9 Å². The molecule has 0 fully saturated rings. The molecular formula is C14H17NO4. The first-order valence-corrected chi connectivity index (χ1v) is 5.94. The van der Waals surface area contributed by atoms with Crippen LogP contribution in [0.4, 0.5) is 4.79 Å². The number of fused-ring (bicyclic) bond motifs is 1. The number of hydrogen-bond donors (Lipinski definition) is 1. The van der Waals surface area contributed by atoms with E-state index in [0.29, 0.717) is 16.7 Å². The van der Waals surface area contributed by atoms with Gasteiger partial charge in [-0.2, -0.15) is 0 Å². The van der Waals surface area contributed by atoms with Gasteiger partial charge in [-0.3, -0.25) is 0 Å². The maximum atomic E-state index is 12.1. The molecule has 5 nitrogen and oxygen atoms in total. The van der Waals surface area contributed by atoms with Crippen LogP contribution in [-0.4, -0.2) is 28.5 Å². The van der Waals surface area contributed by atoms with Crippen LogP contribution in [0, 0.1) is 0 Å². The molecule has 102 valence electrons. The van der Waals surface area contributed by atoms with Gasteiger partial charge in [-0.1, -0.05) is 12.1 Å². The van der Waals surface area contributed by atoms with Crippen molar-refractivity contribution in [1.82, 2.24) is 4.57 Å². The summed E-state index contributed by atoms with van der Waals surface area (Å²) in [6, 6.07) is 6.81. The predicted octanol–water partition coefficient (Wildman–Crippen LogP) is 3.14. The van der Waals surface area contributed by atoms with E-state index >= 15 is 0 Å². The van der Waals surface area contributed by atoms with Gasteiger partial charge in [-0.05, 0) is 26.8 Å². The lowest BCUT2D eigenvalue weighted by molar-refractivity contribution is 0.0533. The van der Waals surface area contributed by atoms with Gasteiger partial charge in [0, 0.05) is 11.5 Å². The van der Waals surface area contributed by atoms with Gasteiger partial charge in [0.05, 0.1) is 7.11 Å². The Balaban J connectivity index is 2.59. The average Bonchev–Trinajstić information content (AvgIpc) is 2.62. The van der Waals surface area contributed by atoms with Gasteiger partial charge in [0.15, 0.2) is 0 Å². The van der Waals surface area contributed by atoms with E-state index in [-0.39, 0.29) is 5.88 Å². The standard InChI is InChI=1S/C14H17NO4/c1-14(2,3)19-13(17)15-11(16)8-9-6-5-7-10(18-4)12(9)15/h5-8,16H,1-4H3. The number of carbonyl (C=O) groups excluding carboxylic acids is 1. The van der Waals surface area contributed by atoms with Crippen molar-refractivity contribution < 1.29 is 19.4 Å². The van der Waals surface area contributed by atoms with Crippen molar-refractivity contribution >= 4 is 17.0 Å². The second-order valence-electron chi connectivity index (χ2n) is 5.22. The smallest absolute Gasteiger partial charge is 0.422 e. The number of benzene rings is 1. The predicted molar refractivity (Wildman–Crippen MR) is 71.8 cm³/mol. The third kappa shape index (κ3) is 2.50. The molecule has 0 radical (unpaired) electrons. The molecule has 0 amide bonds. The minimum absolute atomic E-state index is 0.172. The Morgan fingerprint density at radius 3 is 2.58 bits per heavy atom. The van der Waals surface area contributed by atoms with Gasteiger partial charge in [0.2, 0.25) is 5.88 Å². The number of aromatic hydroxyl groups is 1. The number of carbonyl (C=O) groups is 1. The molecule has 0 spiro atoms. The maximum Gasteiger partial charge on any atom is 0.422 e. The molecule has 1 aromatic carbocycles. The van der Waals surface area contributed by atoms with Gasteiger partial charge in [-0.25, -0.2) is 9.36 Å². The maximum absolute atomic E-state index is 12.1. The molecule has 0 aliphatic heterocycles. The SMILES string of the molecule is COc1cccc2cc(O)n(C(=O)OC(C)(C)C)c12. The molecule has 1 heterocycles. The number of rotatable bonds is 1. The second kappa shape index (κ2) is 4.50. The fraction of sp³-hybridized carbons (Fsp3) is 0.357. The quantitative estimate of drug-likeness (QED) is 0.858. The van der Waals surface area contributed by atoms with E-state index in [1.165, 1.54) is 13.2 Å². The van der Waals surface area contributed by atoms with Crippen LogP contribution < -0.4 is 4.74 Å². The Kier molecular flexibility index (Phi) is 3.14. The number of aromatic nitrogens is 1. The van der Waals surface area contributed by atoms with E-state index in [1.54, 1.807) is 39.0 Å². The highest BCUT2D eigenvalue weighted by Gasteiger charge is 2.23. The molecule has 0 atom stereocenters. The Morgan fingerprint density at radius 2 is 2.00 bits per heavy atom. The lowest BCUT2D eigenvalue weighted by atomic mass is 10.2. The highest BCUT2D eigenvalue weighted by atomic mass is 16.6. The van der Waals surface area contributed by atoms with Crippen LogP contribution in [0.3, 0.4) is 0 Å². The van der Waals surface area contributed by atoms with E-state index in [9.17, 15) is 9.90 Å². The Labute approximate surface area is 111 Å². The summed E-state index contributed by atoms with van der Waals surface area (Å²) in [6.45, 7) is 5.31. The van der Waals surface area contributed by atoms with Crippen LogP contribution in [0.5, 0.6) is 11.6 Å². The molecule has 0 saturated carbocycles. The van der Waals surface area contributed by atoms with Crippen molar-refractivity contribution in [3.63, 3.8) is 0 Å². The molecule has 2 aromatic rings. The summed E-state index contributed by atoms with van der Waals surface area (Å²) in [4.78, 5) is 12.1. The Bertz CT molecular complexity index is 622. The molecule has 1 N–H and O–H groups in total. The zero-order chi connectivity index (χ0) is 14.2. The number of hydrogen-bond acceptors (Lipinski definition) is 4. The van der Waals surface area contributed by atoms with Crippen molar-refractivity contribution in [3.05, 3.63) is 24.3 Å². The second-order valence-corrected chi connectivity index (χ2v) is 5.22. The monoisotopic (exact) mass is 263 g/mol. The molecular weight excluding hydrogens is 246 g/mol. The number of methoxy groups -OCH3 is 1. The third-order valence-corrected chi connectivity index (χ3v) is 2.56. The fourth-order valence-corrected chi connectivity index (χ4v) is 1.87. The van der Waals surface area contributed by atoms with E-state index in [0.717, 1.165) is 4.57 Å². The zero-order valence-electron chi connectivity index (χ0n) is 11.4. The number of ether oxygens (including phenoxy) is 2. The summed E-state index contributed by atoms with van der Waals surface area (Å²) >= 11 is 0. The molecule has 0 bridgehead atoms. The first-order valence-electron chi connectivity index (χ1n) is 5.94. The summed E-state index contributed by atoms with van der Waals surface area (Å²) in [5.74, 6) is 0.331. The van der Waals surface area contributed by atoms with Crippen molar-refractivity contribution in [3.8, 4) is 11.6 Å².